The number of carbonyl (C=O) groups is 3. The molecule has 0 saturated carbocycles. The third-order valence-electron chi connectivity index (χ3n) is 4.51. The second kappa shape index (κ2) is 8.31. The van der Waals surface area contributed by atoms with Crippen LogP contribution >= 0.6 is 11.8 Å². The van der Waals surface area contributed by atoms with Crippen molar-refractivity contribution < 1.29 is 19.5 Å². The van der Waals surface area contributed by atoms with Crippen molar-refractivity contribution >= 4 is 46.3 Å². The molecule has 2 aromatic carbocycles. The highest BCUT2D eigenvalue weighted by Crippen LogP contribution is 2.36. The van der Waals surface area contributed by atoms with Gasteiger partial charge in [-0.05, 0) is 67.6 Å². The van der Waals surface area contributed by atoms with Gasteiger partial charge >= 0.3 is 5.97 Å². The molecule has 144 valence electrons. The Balaban J connectivity index is 1.89. The van der Waals surface area contributed by atoms with Crippen molar-refractivity contribution in [3.05, 3.63) is 64.6 Å². The quantitative estimate of drug-likeness (QED) is 0.726. The number of carboxylic acids is 1. The minimum atomic E-state index is -1.09. The van der Waals surface area contributed by atoms with Gasteiger partial charge in [-0.15, -0.1) is 0 Å². The van der Waals surface area contributed by atoms with Crippen molar-refractivity contribution in [3.63, 3.8) is 0 Å². The Bertz CT molecular complexity index is 949. The van der Waals surface area contributed by atoms with Crippen LogP contribution in [0, 0.1) is 0 Å². The fourth-order valence-corrected chi connectivity index (χ4v) is 3.88. The van der Waals surface area contributed by atoms with Crippen molar-refractivity contribution in [2.75, 3.05) is 22.9 Å². The maximum absolute atomic E-state index is 12.8. The fraction of sp³-hybridized carbons (Fsp3) is 0.190. The van der Waals surface area contributed by atoms with E-state index in [1.54, 1.807) is 30.3 Å². The molecule has 1 N–H and O–H groups in total. The molecule has 0 bridgehead atoms. The predicted molar refractivity (Wildman–Crippen MR) is 112 cm³/mol. The molecule has 2 aromatic rings. The van der Waals surface area contributed by atoms with Crippen LogP contribution < -0.4 is 9.80 Å². The molecule has 0 aromatic heterocycles. The molecule has 28 heavy (non-hydrogen) atoms. The minimum Gasteiger partial charge on any atom is -0.478 e. The number of hydrogen-bond acceptors (Lipinski definition) is 5. The summed E-state index contributed by atoms with van der Waals surface area (Å²) in [6.45, 7) is 5.85. The van der Waals surface area contributed by atoms with Gasteiger partial charge in [0.2, 0.25) is 0 Å². The summed E-state index contributed by atoms with van der Waals surface area (Å²) < 4.78 is 0. The second-order valence-corrected chi connectivity index (χ2v) is 7.09. The first-order chi connectivity index (χ1) is 13.5. The van der Waals surface area contributed by atoms with Gasteiger partial charge in [-0.3, -0.25) is 9.59 Å². The summed E-state index contributed by atoms with van der Waals surface area (Å²) in [4.78, 5) is 40.1. The average molecular weight is 396 g/mol. The normalized spacial score (nSPS) is 15.4. The van der Waals surface area contributed by atoms with Crippen molar-refractivity contribution in [1.29, 1.82) is 0 Å². The van der Waals surface area contributed by atoms with Crippen LogP contribution in [-0.4, -0.2) is 35.3 Å². The summed E-state index contributed by atoms with van der Waals surface area (Å²) >= 11 is 0.807. The average Bonchev–Trinajstić information content (AvgIpc) is 2.97. The van der Waals surface area contributed by atoms with Gasteiger partial charge in [0.15, 0.2) is 0 Å². The number of anilines is 2. The second-order valence-electron chi connectivity index (χ2n) is 6.10. The van der Waals surface area contributed by atoms with E-state index in [-0.39, 0.29) is 10.5 Å². The van der Waals surface area contributed by atoms with Crippen molar-refractivity contribution in [3.8, 4) is 0 Å². The number of amides is 2. The van der Waals surface area contributed by atoms with E-state index in [0.717, 1.165) is 35.4 Å². The summed E-state index contributed by atoms with van der Waals surface area (Å²) in [5.41, 5.74) is 1.98. The Hall–Kier alpha value is -3.06. The Morgan fingerprint density at radius 2 is 1.71 bits per heavy atom. The molecule has 0 unspecified atom stereocenters. The zero-order valence-corrected chi connectivity index (χ0v) is 16.4. The highest BCUT2D eigenvalue weighted by molar-refractivity contribution is 8.19. The van der Waals surface area contributed by atoms with Crippen molar-refractivity contribution in [1.82, 2.24) is 0 Å². The van der Waals surface area contributed by atoms with Crippen LogP contribution in [-0.2, 0) is 4.79 Å². The molecule has 1 heterocycles. The molecule has 1 fully saturated rings. The number of imide groups is 1. The summed E-state index contributed by atoms with van der Waals surface area (Å²) in [5.74, 6) is -1.54. The van der Waals surface area contributed by atoms with Crippen LogP contribution in [0.15, 0.2) is 53.4 Å². The topological polar surface area (TPSA) is 77.9 Å². The number of aromatic carboxylic acids is 1. The standard InChI is InChI=1S/C21H20N2O4S/c1-3-22(4-2)15-9-11-16(12-10-15)23-19(24)18(28-21(23)27)13-14-7-5-6-8-17(14)20(25)26/h5-13H,3-4H2,1-2H3,(H,25,26)/b18-13+. The SMILES string of the molecule is CCN(CC)c1ccc(N2C(=O)S/C(=C/c3ccccc3C(=O)O)C2=O)cc1. The Morgan fingerprint density at radius 1 is 1.07 bits per heavy atom. The maximum Gasteiger partial charge on any atom is 0.336 e. The number of carbonyl (C=O) groups excluding carboxylic acids is 2. The molecule has 0 atom stereocenters. The molecule has 1 aliphatic rings. The first-order valence-corrected chi connectivity index (χ1v) is 9.73. The lowest BCUT2D eigenvalue weighted by atomic mass is 10.1. The molecular formula is C21H20N2O4S. The lowest BCUT2D eigenvalue weighted by molar-refractivity contribution is -0.113. The smallest absolute Gasteiger partial charge is 0.336 e. The van der Waals surface area contributed by atoms with Crippen LogP contribution in [0.2, 0.25) is 0 Å². The molecule has 0 spiro atoms. The molecule has 0 radical (unpaired) electrons. The summed E-state index contributed by atoms with van der Waals surface area (Å²) in [5, 5.41) is 8.89. The highest BCUT2D eigenvalue weighted by atomic mass is 32.2. The van der Waals surface area contributed by atoms with E-state index in [4.69, 9.17) is 0 Å². The van der Waals surface area contributed by atoms with E-state index in [9.17, 15) is 19.5 Å². The Labute approximate surface area is 167 Å². The monoisotopic (exact) mass is 396 g/mol. The number of thioether (sulfide) groups is 1. The zero-order chi connectivity index (χ0) is 20.3. The van der Waals surface area contributed by atoms with Gasteiger partial charge in [0.05, 0.1) is 16.2 Å². The summed E-state index contributed by atoms with van der Waals surface area (Å²) in [6, 6.07) is 13.6. The van der Waals surface area contributed by atoms with E-state index >= 15 is 0 Å². The molecule has 2 amide bonds. The van der Waals surface area contributed by atoms with Crippen LogP contribution in [0.4, 0.5) is 16.2 Å². The maximum atomic E-state index is 12.8. The lowest BCUT2D eigenvalue weighted by Gasteiger charge is -2.22. The van der Waals surface area contributed by atoms with E-state index in [1.165, 1.54) is 12.1 Å². The van der Waals surface area contributed by atoms with Gasteiger partial charge in [-0.25, -0.2) is 9.69 Å². The van der Waals surface area contributed by atoms with E-state index in [0.29, 0.717) is 11.3 Å². The third kappa shape index (κ3) is 3.80. The van der Waals surface area contributed by atoms with Gasteiger partial charge in [0, 0.05) is 18.8 Å². The van der Waals surface area contributed by atoms with E-state index < -0.39 is 17.1 Å². The van der Waals surface area contributed by atoms with Gasteiger partial charge in [-0.1, -0.05) is 18.2 Å². The fourth-order valence-electron chi connectivity index (χ4n) is 3.05. The van der Waals surface area contributed by atoms with Crippen LogP contribution in [0.3, 0.4) is 0 Å². The molecule has 1 aliphatic heterocycles. The van der Waals surface area contributed by atoms with Crippen molar-refractivity contribution in [2.45, 2.75) is 13.8 Å². The summed E-state index contributed by atoms with van der Waals surface area (Å²) in [6.07, 6.45) is 1.46. The van der Waals surface area contributed by atoms with Crippen molar-refractivity contribution in [2.24, 2.45) is 0 Å². The molecule has 6 nitrogen and oxygen atoms in total. The Morgan fingerprint density at radius 3 is 2.32 bits per heavy atom. The lowest BCUT2D eigenvalue weighted by Crippen LogP contribution is -2.28. The third-order valence-corrected chi connectivity index (χ3v) is 5.38. The minimum absolute atomic E-state index is 0.0814. The van der Waals surface area contributed by atoms with Gasteiger partial charge in [-0.2, -0.15) is 0 Å². The number of carboxylic acid groups (broad SMARTS) is 1. The predicted octanol–water partition coefficient (Wildman–Crippen LogP) is 4.47. The van der Waals surface area contributed by atoms with Crippen LogP contribution in [0.1, 0.15) is 29.8 Å². The van der Waals surface area contributed by atoms with Gasteiger partial charge < -0.3 is 10.0 Å². The molecule has 7 heteroatoms. The first kappa shape index (κ1) is 19.7. The van der Waals surface area contributed by atoms with Gasteiger partial charge in [0.25, 0.3) is 11.1 Å². The molecular weight excluding hydrogens is 376 g/mol. The first-order valence-electron chi connectivity index (χ1n) is 8.91. The largest absolute Gasteiger partial charge is 0.478 e. The highest BCUT2D eigenvalue weighted by Gasteiger charge is 2.36. The van der Waals surface area contributed by atoms with E-state index in [1.807, 2.05) is 12.1 Å². The summed E-state index contributed by atoms with van der Waals surface area (Å²) in [7, 11) is 0. The van der Waals surface area contributed by atoms with Gasteiger partial charge in [0.1, 0.15) is 0 Å². The van der Waals surface area contributed by atoms with E-state index in [2.05, 4.69) is 18.7 Å². The number of nitrogens with zero attached hydrogens (tertiary/aromatic N) is 2. The zero-order valence-electron chi connectivity index (χ0n) is 15.6. The number of benzene rings is 2. The molecule has 3 rings (SSSR count). The van der Waals surface area contributed by atoms with Crippen LogP contribution in [0.25, 0.3) is 6.08 Å². The molecule has 0 aliphatic carbocycles. The van der Waals surface area contributed by atoms with Crippen LogP contribution in [0.5, 0.6) is 0 Å². The Kier molecular flexibility index (Phi) is 5.84. The number of rotatable bonds is 6. The number of hydrogen-bond donors (Lipinski definition) is 1. The molecule has 1 saturated heterocycles.